The highest BCUT2D eigenvalue weighted by molar-refractivity contribution is 7.07. The monoisotopic (exact) mass is 249 g/mol. The van der Waals surface area contributed by atoms with Gasteiger partial charge in [0.15, 0.2) is 6.61 Å². The zero-order chi connectivity index (χ0) is 11.7. The predicted octanol–water partition coefficient (Wildman–Crippen LogP) is 3.51. The van der Waals surface area contributed by atoms with Gasteiger partial charge in [0.2, 0.25) is 0 Å². The molecule has 1 rings (SSSR count). The number of alkyl halides is 6. The topological polar surface area (TPSA) is 9.23 Å². The van der Waals surface area contributed by atoms with Crippen molar-refractivity contribution >= 4 is 11.3 Å². The maximum Gasteiger partial charge on any atom is 0.422 e. The molecule has 85 valence electrons. The molecule has 0 atom stereocenters. The fourth-order valence-corrected chi connectivity index (χ4v) is 1.40. The summed E-state index contributed by atoms with van der Waals surface area (Å²) in [6.45, 7) is -1.75. The molecule has 0 N–H and O–H groups in total. The molecule has 0 aromatic carbocycles. The van der Waals surface area contributed by atoms with Gasteiger partial charge in [0.1, 0.15) is 11.3 Å². The molecule has 1 heterocycles. The van der Waals surface area contributed by atoms with Crippen LogP contribution in [0.1, 0.15) is 5.56 Å². The quantitative estimate of drug-likeness (QED) is 0.729. The Labute approximate surface area is 84.3 Å². The lowest BCUT2D eigenvalue weighted by Crippen LogP contribution is -2.20. The fraction of sp³-hybridized carbons (Fsp3) is 0.429. The van der Waals surface area contributed by atoms with Crippen LogP contribution < -0.4 is 4.74 Å². The van der Waals surface area contributed by atoms with Crippen molar-refractivity contribution in [1.29, 1.82) is 0 Å². The molecule has 1 radical (unpaired) electrons. The van der Waals surface area contributed by atoms with E-state index in [0.717, 1.165) is 5.38 Å². The minimum Gasteiger partial charge on any atom is -0.483 e. The Hall–Kier alpha value is -0.920. The van der Waals surface area contributed by atoms with Crippen LogP contribution in [0.3, 0.4) is 0 Å². The first-order valence-electron chi connectivity index (χ1n) is 3.46. The van der Waals surface area contributed by atoms with E-state index in [0.29, 0.717) is 11.3 Å². The van der Waals surface area contributed by atoms with Gasteiger partial charge in [-0.05, 0) is 0 Å². The highest BCUT2D eigenvalue weighted by Crippen LogP contribution is 2.38. The first-order chi connectivity index (χ1) is 6.70. The van der Waals surface area contributed by atoms with Crippen molar-refractivity contribution in [3.05, 3.63) is 16.3 Å². The smallest absolute Gasteiger partial charge is 0.422 e. The summed E-state index contributed by atoms with van der Waals surface area (Å²) in [5, 5.41) is 2.63. The molecule has 0 spiro atoms. The van der Waals surface area contributed by atoms with Crippen molar-refractivity contribution in [3.63, 3.8) is 0 Å². The first-order valence-corrected chi connectivity index (χ1v) is 4.34. The average molecular weight is 249 g/mol. The lowest BCUT2D eigenvalue weighted by Gasteiger charge is -2.11. The SMILES string of the molecule is FC(F)(F)COc1cs[c]c1C(F)(F)F. The number of hydrogen-bond donors (Lipinski definition) is 0. The predicted molar refractivity (Wildman–Crippen MR) is 39.7 cm³/mol. The highest BCUT2D eigenvalue weighted by Gasteiger charge is 2.37. The van der Waals surface area contributed by atoms with E-state index in [4.69, 9.17) is 0 Å². The van der Waals surface area contributed by atoms with Crippen LogP contribution in [0.2, 0.25) is 0 Å². The normalized spacial score (nSPS) is 12.9. The van der Waals surface area contributed by atoms with Gasteiger partial charge in [-0.3, -0.25) is 0 Å². The van der Waals surface area contributed by atoms with Crippen LogP contribution in [0.25, 0.3) is 0 Å². The Bertz CT molecular complexity index is 325. The zero-order valence-corrected chi connectivity index (χ0v) is 7.69. The van der Waals surface area contributed by atoms with Gasteiger partial charge in [-0.1, -0.05) is 0 Å². The largest absolute Gasteiger partial charge is 0.483 e. The van der Waals surface area contributed by atoms with Crippen LogP contribution in [-0.4, -0.2) is 12.8 Å². The first kappa shape index (κ1) is 12.2. The highest BCUT2D eigenvalue weighted by atomic mass is 32.1. The molecule has 0 bridgehead atoms. The molecule has 15 heavy (non-hydrogen) atoms. The molecule has 1 aromatic rings. The molecule has 8 heteroatoms. The van der Waals surface area contributed by atoms with Crippen molar-refractivity contribution in [2.75, 3.05) is 6.61 Å². The van der Waals surface area contributed by atoms with E-state index in [1.54, 1.807) is 5.38 Å². The Balaban J connectivity index is 2.75. The molecule has 0 unspecified atom stereocenters. The van der Waals surface area contributed by atoms with Gasteiger partial charge >= 0.3 is 12.4 Å². The Morgan fingerprint density at radius 3 is 2.27 bits per heavy atom. The van der Waals surface area contributed by atoms with Crippen LogP contribution in [0.5, 0.6) is 5.75 Å². The minimum atomic E-state index is -4.75. The van der Waals surface area contributed by atoms with E-state index in [9.17, 15) is 26.3 Å². The third kappa shape index (κ3) is 3.61. The van der Waals surface area contributed by atoms with E-state index >= 15 is 0 Å². The van der Waals surface area contributed by atoms with Crippen LogP contribution >= 0.6 is 11.3 Å². The molecule has 0 fully saturated rings. The van der Waals surface area contributed by atoms with E-state index in [1.165, 1.54) is 0 Å². The maximum absolute atomic E-state index is 12.1. The van der Waals surface area contributed by atoms with Crippen LogP contribution in [0, 0.1) is 5.38 Å². The second-order valence-corrected chi connectivity index (χ2v) is 3.15. The summed E-state index contributed by atoms with van der Waals surface area (Å²) in [5.41, 5.74) is -1.31. The average Bonchev–Trinajstić information content (AvgIpc) is 2.45. The van der Waals surface area contributed by atoms with Gasteiger partial charge in [-0.25, -0.2) is 0 Å². The molecule has 1 nitrogen and oxygen atoms in total. The molecule has 0 aliphatic rings. The van der Waals surface area contributed by atoms with Crippen LogP contribution in [0.15, 0.2) is 5.38 Å². The summed E-state index contributed by atoms with van der Waals surface area (Å²) in [6, 6.07) is 0. The van der Waals surface area contributed by atoms with Gasteiger partial charge in [-0.15, -0.1) is 11.3 Å². The number of thiophene rings is 1. The summed E-state index contributed by atoms with van der Waals surface area (Å²) < 4.78 is 75.3. The summed E-state index contributed by atoms with van der Waals surface area (Å²) in [4.78, 5) is 0. The Morgan fingerprint density at radius 2 is 1.80 bits per heavy atom. The van der Waals surface area contributed by atoms with Gasteiger partial charge in [-0.2, -0.15) is 26.3 Å². The molecule has 0 aliphatic carbocycles. The van der Waals surface area contributed by atoms with Crippen molar-refractivity contribution in [1.82, 2.24) is 0 Å². The van der Waals surface area contributed by atoms with Crippen molar-refractivity contribution in [2.24, 2.45) is 0 Å². The lowest BCUT2D eigenvalue weighted by molar-refractivity contribution is -0.158. The van der Waals surface area contributed by atoms with Crippen molar-refractivity contribution in [3.8, 4) is 5.75 Å². The minimum absolute atomic E-state index is 0.506. The number of rotatable bonds is 2. The van der Waals surface area contributed by atoms with Gasteiger partial charge in [0.05, 0.1) is 5.38 Å². The second kappa shape index (κ2) is 3.92. The van der Waals surface area contributed by atoms with Crippen LogP contribution in [0.4, 0.5) is 26.3 Å². The standard InChI is InChI=1S/C7H3F6OS/c8-6(9,10)3-14-5-2-15-1-4(5)7(11,12)13/h2H,3H2. The number of hydrogen-bond acceptors (Lipinski definition) is 2. The maximum atomic E-state index is 12.1. The third-order valence-electron chi connectivity index (χ3n) is 1.25. The van der Waals surface area contributed by atoms with E-state index in [1.807, 2.05) is 0 Å². The summed E-state index contributed by atoms with van der Waals surface area (Å²) in [7, 11) is 0. The Kier molecular flexibility index (Phi) is 3.17. The van der Waals surface area contributed by atoms with Crippen molar-refractivity contribution < 1.29 is 31.1 Å². The van der Waals surface area contributed by atoms with Crippen LogP contribution in [-0.2, 0) is 6.18 Å². The van der Waals surface area contributed by atoms with Gasteiger partial charge < -0.3 is 4.74 Å². The molecular formula is C7H3F6OS. The zero-order valence-electron chi connectivity index (χ0n) is 6.87. The summed E-state index contributed by atoms with van der Waals surface area (Å²) in [5.74, 6) is -0.843. The van der Waals surface area contributed by atoms with E-state index in [2.05, 4.69) is 4.74 Å². The van der Waals surface area contributed by atoms with Crippen molar-refractivity contribution in [2.45, 2.75) is 12.4 Å². The second-order valence-electron chi connectivity index (χ2n) is 2.48. The lowest BCUT2D eigenvalue weighted by atomic mass is 10.3. The molecule has 0 aliphatic heterocycles. The molecular weight excluding hydrogens is 246 g/mol. The Morgan fingerprint density at radius 1 is 1.20 bits per heavy atom. The summed E-state index contributed by atoms with van der Waals surface area (Å²) >= 11 is 0.506. The molecule has 1 aromatic heterocycles. The van der Waals surface area contributed by atoms with E-state index in [-0.39, 0.29) is 0 Å². The number of halogens is 6. The molecule has 0 saturated heterocycles. The summed E-state index contributed by atoms with van der Waals surface area (Å²) in [6.07, 6.45) is -9.41. The fourth-order valence-electron chi connectivity index (χ4n) is 0.714. The van der Waals surface area contributed by atoms with E-state index < -0.39 is 30.3 Å². The molecule has 0 amide bonds. The van der Waals surface area contributed by atoms with Gasteiger partial charge in [0.25, 0.3) is 0 Å². The number of ether oxygens (including phenoxy) is 1. The molecule has 0 saturated carbocycles. The third-order valence-corrected chi connectivity index (χ3v) is 1.90. The van der Waals surface area contributed by atoms with Gasteiger partial charge in [0, 0.05) is 5.38 Å².